The summed E-state index contributed by atoms with van der Waals surface area (Å²) in [5.74, 6) is -0.503. The molecule has 174 valence electrons. The highest BCUT2D eigenvalue weighted by atomic mass is 32.2. The maximum absolute atomic E-state index is 13.3. The van der Waals surface area contributed by atoms with Crippen molar-refractivity contribution in [3.63, 3.8) is 0 Å². The fourth-order valence-electron chi connectivity index (χ4n) is 4.20. The van der Waals surface area contributed by atoms with E-state index in [1.807, 2.05) is 6.07 Å². The smallest absolute Gasteiger partial charge is 0.350 e. The van der Waals surface area contributed by atoms with Gasteiger partial charge in [0.15, 0.2) is 0 Å². The molecule has 2 fully saturated rings. The summed E-state index contributed by atoms with van der Waals surface area (Å²) in [7, 11) is 0. The lowest BCUT2D eigenvalue weighted by Gasteiger charge is -2.43. The van der Waals surface area contributed by atoms with Gasteiger partial charge in [-0.05, 0) is 48.2 Å². The molecule has 2 amide bonds. The van der Waals surface area contributed by atoms with E-state index in [0.717, 1.165) is 43.4 Å². The molecule has 1 saturated heterocycles. The summed E-state index contributed by atoms with van der Waals surface area (Å²) in [6.45, 7) is 0.275. The van der Waals surface area contributed by atoms with E-state index >= 15 is 0 Å². The fourth-order valence-corrected chi connectivity index (χ4v) is 5.67. The zero-order valence-corrected chi connectivity index (χ0v) is 18.7. The molecule has 1 N–H and O–H groups in total. The van der Waals surface area contributed by atoms with Gasteiger partial charge in [-0.25, -0.2) is 0 Å². The van der Waals surface area contributed by atoms with Crippen LogP contribution in [-0.2, 0) is 22.3 Å². The number of fused-ring (bicyclic) bond motifs is 1. The highest BCUT2D eigenvalue weighted by molar-refractivity contribution is 8.04. The highest BCUT2D eigenvalue weighted by Gasteiger charge is 2.41. The summed E-state index contributed by atoms with van der Waals surface area (Å²) >= 11 is 1.48. The number of nitrogens with one attached hydrogen (secondary N) is 1. The van der Waals surface area contributed by atoms with Crippen LogP contribution in [0.25, 0.3) is 6.08 Å². The SMILES string of the molecule is O=C(CN1C(=O)/C(=C\c2ccc(C(F)(F)F)cc2)SC2CCCCC21)NCc1cccnc1. The fraction of sp³-hybridized carbons (Fsp3) is 0.375. The average Bonchev–Trinajstić information content (AvgIpc) is 2.81. The Kier molecular flexibility index (Phi) is 7.07. The van der Waals surface area contributed by atoms with Crippen LogP contribution in [0.3, 0.4) is 0 Å². The van der Waals surface area contributed by atoms with Crippen molar-refractivity contribution in [2.75, 3.05) is 6.54 Å². The Morgan fingerprint density at radius 1 is 1.18 bits per heavy atom. The lowest BCUT2D eigenvalue weighted by atomic mass is 9.93. The minimum Gasteiger partial charge on any atom is -0.350 e. The number of aromatic nitrogens is 1. The van der Waals surface area contributed by atoms with Crippen LogP contribution in [0, 0.1) is 0 Å². The van der Waals surface area contributed by atoms with Crippen LogP contribution in [0.15, 0.2) is 53.7 Å². The molecule has 2 aliphatic rings. The maximum Gasteiger partial charge on any atom is 0.416 e. The van der Waals surface area contributed by atoms with Crippen molar-refractivity contribution in [1.82, 2.24) is 15.2 Å². The molecule has 2 aromatic rings. The topological polar surface area (TPSA) is 62.3 Å². The second kappa shape index (κ2) is 9.99. The molecular weight excluding hydrogens is 451 g/mol. The molecule has 1 aliphatic carbocycles. The minimum atomic E-state index is -4.41. The van der Waals surface area contributed by atoms with Gasteiger partial charge >= 0.3 is 6.18 Å². The van der Waals surface area contributed by atoms with Crippen molar-refractivity contribution in [1.29, 1.82) is 0 Å². The second-order valence-corrected chi connectivity index (χ2v) is 9.49. The minimum absolute atomic E-state index is 0.0230. The van der Waals surface area contributed by atoms with E-state index in [9.17, 15) is 22.8 Å². The Bertz CT molecular complexity index is 1030. The summed E-state index contributed by atoms with van der Waals surface area (Å²) in [5.41, 5.74) is 0.658. The van der Waals surface area contributed by atoms with Gasteiger partial charge in [-0.15, -0.1) is 11.8 Å². The number of thioether (sulfide) groups is 1. The lowest BCUT2D eigenvalue weighted by Crippen LogP contribution is -2.54. The van der Waals surface area contributed by atoms with E-state index in [0.29, 0.717) is 17.0 Å². The number of rotatable bonds is 5. The van der Waals surface area contributed by atoms with Gasteiger partial charge in [-0.2, -0.15) is 13.2 Å². The monoisotopic (exact) mass is 475 g/mol. The van der Waals surface area contributed by atoms with Crippen LogP contribution in [0.1, 0.15) is 42.4 Å². The Morgan fingerprint density at radius 3 is 2.64 bits per heavy atom. The standard InChI is InChI=1S/C24H24F3N3O2S/c25-24(26,27)18-9-7-16(8-10-18)12-21-23(32)30(19-5-1-2-6-20(19)33-21)15-22(31)29-14-17-4-3-11-28-13-17/h3-4,7-13,19-20H,1-2,5-6,14-15H2,(H,29,31)/b21-12+. The van der Waals surface area contributed by atoms with Crippen molar-refractivity contribution in [3.8, 4) is 0 Å². The number of amides is 2. The van der Waals surface area contributed by atoms with E-state index in [1.54, 1.807) is 29.4 Å². The predicted molar refractivity (Wildman–Crippen MR) is 121 cm³/mol. The number of carbonyl (C=O) groups is 2. The van der Waals surface area contributed by atoms with Gasteiger partial charge in [0.2, 0.25) is 5.91 Å². The molecule has 2 unspecified atom stereocenters. The molecule has 1 aliphatic heterocycles. The quantitative estimate of drug-likeness (QED) is 0.640. The van der Waals surface area contributed by atoms with Gasteiger partial charge in [0.1, 0.15) is 6.54 Å². The zero-order valence-electron chi connectivity index (χ0n) is 17.8. The van der Waals surface area contributed by atoms with E-state index in [2.05, 4.69) is 10.3 Å². The summed E-state index contributed by atoms with van der Waals surface area (Å²) in [5, 5.41) is 3.01. The van der Waals surface area contributed by atoms with Gasteiger partial charge in [-0.3, -0.25) is 14.6 Å². The second-order valence-electron chi connectivity index (χ2n) is 8.21. The Labute approximate surface area is 194 Å². The molecule has 1 saturated carbocycles. The van der Waals surface area contributed by atoms with Crippen molar-refractivity contribution < 1.29 is 22.8 Å². The Morgan fingerprint density at radius 2 is 1.94 bits per heavy atom. The van der Waals surface area contributed by atoms with Gasteiger partial charge in [0, 0.05) is 30.2 Å². The van der Waals surface area contributed by atoms with Gasteiger partial charge in [0.25, 0.3) is 5.91 Å². The Balaban J connectivity index is 1.50. The number of hydrogen-bond donors (Lipinski definition) is 1. The highest BCUT2D eigenvalue weighted by Crippen LogP contribution is 2.42. The summed E-state index contributed by atoms with van der Waals surface area (Å²) in [6, 6.07) is 8.37. The van der Waals surface area contributed by atoms with E-state index in [4.69, 9.17) is 0 Å². The molecule has 2 heterocycles. The summed E-state index contributed by atoms with van der Waals surface area (Å²) < 4.78 is 38.5. The normalized spacial score (nSPS) is 22.2. The molecule has 5 nitrogen and oxygen atoms in total. The third-order valence-electron chi connectivity index (χ3n) is 5.88. The largest absolute Gasteiger partial charge is 0.416 e. The number of alkyl halides is 3. The van der Waals surface area contributed by atoms with Crippen LogP contribution in [0.2, 0.25) is 0 Å². The van der Waals surface area contributed by atoms with Crippen molar-refractivity contribution in [2.45, 2.75) is 49.7 Å². The molecule has 1 aromatic carbocycles. The Hall–Kier alpha value is -2.81. The van der Waals surface area contributed by atoms with Crippen molar-refractivity contribution in [3.05, 3.63) is 70.4 Å². The number of hydrogen-bond acceptors (Lipinski definition) is 4. The zero-order chi connectivity index (χ0) is 23.4. The van der Waals surface area contributed by atoms with Gasteiger partial charge < -0.3 is 10.2 Å². The summed E-state index contributed by atoms with van der Waals surface area (Å²) in [4.78, 5) is 32.0. The predicted octanol–water partition coefficient (Wildman–Crippen LogP) is 4.64. The van der Waals surface area contributed by atoms with E-state index < -0.39 is 11.7 Å². The molecule has 4 rings (SSSR count). The van der Waals surface area contributed by atoms with E-state index in [-0.39, 0.29) is 29.7 Å². The van der Waals surface area contributed by atoms with Crippen molar-refractivity contribution >= 4 is 29.7 Å². The van der Waals surface area contributed by atoms with Crippen LogP contribution in [-0.4, -0.2) is 39.5 Å². The summed E-state index contributed by atoms with van der Waals surface area (Å²) in [6.07, 6.45) is 4.37. The number of halogens is 3. The van der Waals surface area contributed by atoms with Crippen molar-refractivity contribution in [2.24, 2.45) is 0 Å². The number of benzene rings is 1. The first kappa shape index (κ1) is 23.4. The molecule has 0 radical (unpaired) electrons. The van der Waals surface area contributed by atoms with Crippen LogP contribution in [0.4, 0.5) is 13.2 Å². The molecule has 9 heteroatoms. The number of nitrogens with zero attached hydrogens (tertiary/aromatic N) is 2. The maximum atomic E-state index is 13.3. The molecular formula is C24H24F3N3O2S. The molecule has 2 atom stereocenters. The molecule has 0 bridgehead atoms. The first-order valence-electron chi connectivity index (χ1n) is 10.8. The molecule has 1 aromatic heterocycles. The first-order chi connectivity index (χ1) is 15.8. The third-order valence-corrected chi connectivity index (χ3v) is 7.28. The van der Waals surface area contributed by atoms with E-state index in [1.165, 1.54) is 23.9 Å². The lowest BCUT2D eigenvalue weighted by molar-refractivity contribution is -0.137. The van der Waals surface area contributed by atoms with Gasteiger partial charge in [-0.1, -0.05) is 31.0 Å². The first-order valence-corrected chi connectivity index (χ1v) is 11.7. The molecule has 0 spiro atoms. The van der Waals surface area contributed by atoms with Crippen LogP contribution in [0.5, 0.6) is 0 Å². The van der Waals surface area contributed by atoms with Crippen LogP contribution < -0.4 is 5.32 Å². The molecule has 33 heavy (non-hydrogen) atoms. The van der Waals surface area contributed by atoms with Crippen LogP contribution >= 0.6 is 11.8 Å². The third kappa shape index (κ3) is 5.76. The van der Waals surface area contributed by atoms with Gasteiger partial charge in [0.05, 0.1) is 10.5 Å². The number of pyridine rings is 1. The number of carbonyl (C=O) groups excluding carboxylic acids is 2. The average molecular weight is 476 g/mol.